The maximum Gasteiger partial charge on any atom is 0.573 e. The molecule has 1 heterocycles. The molecule has 0 spiro atoms. The molecule has 0 fully saturated rings. The van der Waals surface area contributed by atoms with E-state index in [1.165, 1.54) is 0 Å². The van der Waals surface area contributed by atoms with Gasteiger partial charge in [-0.3, -0.25) is 4.79 Å². The van der Waals surface area contributed by atoms with Crippen LogP contribution in [-0.4, -0.2) is 40.4 Å². The SMILES string of the molecule is O=C(c1cc(Br)cnc1F)N(CCO)Cc1cc(OC(F)(F)F)ccc1F. The molecule has 0 aliphatic rings. The minimum absolute atomic E-state index is 0.304. The number of alkyl halides is 3. The molecular weight excluding hydrogens is 443 g/mol. The Labute approximate surface area is 158 Å². The number of hydrogen-bond acceptors (Lipinski definition) is 4. The van der Waals surface area contributed by atoms with Gasteiger partial charge in [0.15, 0.2) is 0 Å². The predicted octanol–water partition coefficient (Wildman–Crippen LogP) is 3.66. The first-order valence-electron chi connectivity index (χ1n) is 7.36. The molecule has 0 saturated carbocycles. The number of ether oxygens (including phenoxy) is 1. The molecule has 5 nitrogen and oxygen atoms in total. The summed E-state index contributed by atoms with van der Waals surface area (Å²) < 4.78 is 68.8. The Morgan fingerprint density at radius 3 is 2.59 bits per heavy atom. The summed E-state index contributed by atoms with van der Waals surface area (Å²) in [6.45, 7) is -1.37. The van der Waals surface area contributed by atoms with Gasteiger partial charge in [-0.25, -0.2) is 9.37 Å². The first-order chi connectivity index (χ1) is 12.6. The number of pyridine rings is 1. The van der Waals surface area contributed by atoms with E-state index in [2.05, 4.69) is 25.7 Å². The van der Waals surface area contributed by atoms with Crippen LogP contribution in [0.1, 0.15) is 15.9 Å². The highest BCUT2D eigenvalue weighted by molar-refractivity contribution is 9.10. The molecule has 1 aromatic carbocycles. The number of aliphatic hydroxyl groups is 1. The predicted molar refractivity (Wildman–Crippen MR) is 86.8 cm³/mol. The monoisotopic (exact) mass is 454 g/mol. The summed E-state index contributed by atoms with van der Waals surface area (Å²) in [7, 11) is 0. The molecule has 2 aromatic rings. The van der Waals surface area contributed by atoms with Gasteiger partial charge in [0.25, 0.3) is 5.91 Å². The molecular formula is C16H12BrF5N2O3. The van der Waals surface area contributed by atoms with Gasteiger partial charge in [0.1, 0.15) is 11.6 Å². The number of nitrogens with zero attached hydrogens (tertiary/aromatic N) is 2. The molecule has 0 radical (unpaired) electrons. The first-order valence-corrected chi connectivity index (χ1v) is 8.15. The number of aliphatic hydroxyl groups excluding tert-OH is 1. The zero-order valence-electron chi connectivity index (χ0n) is 13.4. The molecule has 27 heavy (non-hydrogen) atoms. The van der Waals surface area contributed by atoms with Crippen LogP contribution < -0.4 is 4.74 Å². The van der Waals surface area contributed by atoms with E-state index in [0.717, 1.165) is 35.4 Å². The average Bonchev–Trinajstić information content (AvgIpc) is 2.57. The molecule has 146 valence electrons. The molecule has 1 N–H and O–H groups in total. The Kier molecular flexibility index (Phi) is 6.71. The van der Waals surface area contributed by atoms with Crippen LogP contribution in [0.2, 0.25) is 0 Å². The number of carbonyl (C=O) groups excluding carboxylic acids is 1. The number of benzene rings is 1. The first kappa shape index (κ1) is 21.0. The van der Waals surface area contributed by atoms with Gasteiger partial charge < -0.3 is 14.7 Å². The largest absolute Gasteiger partial charge is 0.573 e. The van der Waals surface area contributed by atoms with E-state index >= 15 is 0 Å². The Balaban J connectivity index is 2.31. The van der Waals surface area contributed by atoms with Crippen LogP contribution in [0.25, 0.3) is 0 Å². The van der Waals surface area contributed by atoms with Gasteiger partial charge in [-0.2, -0.15) is 4.39 Å². The van der Waals surface area contributed by atoms with Crippen LogP contribution in [-0.2, 0) is 6.54 Å². The molecule has 0 aliphatic heterocycles. The Bertz CT molecular complexity index is 832. The Hall–Kier alpha value is -2.27. The summed E-state index contributed by atoms with van der Waals surface area (Å²) in [4.78, 5) is 16.8. The quantitative estimate of drug-likeness (QED) is 0.534. The van der Waals surface area contributed by atoms with Gasteiger partial charge >= 0.3 is 6.36 Å². The Morgan fingerprint density at radius 1 is 1.26 bits per heavy atom. The van der Waals surface area contributed by atoms with Crippen molar-refractivity contribution in [2.24, 2.45) is 0 Å². The standard InChI is InChI=1S/C16H12BrF5N2O3/c17-10-6-12(14(19)23-7-10)15(26)24(3-4-25)8-9-5-11(1-2-13(9)18)27-16(20,21)22/h1-2,5-7,25H,3-4,8H2. The summed E-state index contributed by atoms with van der Waals surface area (Å²) in [6, 6.07) is 3.45. The van der Waals surface area contributed by atoms with Gasteiger partial charge in [0.05, 0.1) is 12.2 Å². The van der Waals surface area contributed by atoms with Gasteiger partial charge in [-0.05, 0) is 40.2 Å². The van der Waals surface area contributed by atoms with Crippen molar-refractivity contribution in [3.8, 4) is 5.75 Å². The van der Waals surface area contributed by atoms with E-state index in [0.29, 0.717) is 4.47 Å². The zero-order valence-corrected chi connectivity index (χ0v) is 15.0. The summed E-state index contributed by atoms with van der Waals surface area (Å²) in [6.07, 6.45) is -3.85. The van der Waals surface area contributed by atoms with Crippen LogP contribution in [0.15, 0.2) is 34.9 Å². The highest BCUT2D eigenvalue weighted by Gasteiger charge is 2.31. The fraction of sp³-hybridized carbons (Fsp3) is 0.250. The molecule has 1 amide bonds. The summed E-state index contributed by atoms with van der Waals surface area (Å²) in [5.74, 6) is -3.57. The minimum atomic E-state index is -4.97. The molecule has 0 aliphatic carbocycles. The van der Waals surface area contributed by atoms with E-state index in [1.54, 1.807) is 0 Å². The minimum Gasteiger partial charge on any atom is -0.406 e. The summed E-state index contributed by atoms with van der Waals surface area (Å²) in [5, 5.41) is 9.13. The summed E-state index contributed by atoms with van der Waals surface area (Å²) in [5.41, 5.74) is -0.747. The fourth-order valence-electron chi connectivity index (χ4n) is 2.19. The van der Waals surface area contributed by atoms with Gasteiger partial charge in [0, 0.05) is 29.3 Å². The van der Waals surface area contributed by atoms with Crippen LogP contribution in [0.3, 0.4) is 0 Å². The van der Waals surface area contributed by atoms with Crippen LogP contribution in [0.5, 0.6) is 5.75 Å². The van der Waals surface area contributed by atoms with Crippen molar-refractivity contribution in [3.05, 3.63) is 57.8 Å². The van der Waals surface area contributed by atoms with Gasteiger partial charge in [-0.15, -0.1) is 13.2 Å². The maximum absolute atomic E-state index is 14.0. The van der Waals surface area contributed by atoms with E-state index in [4.69, 9.17) is 5.11 Å². The number of halogens is 6. The van der Waals surface area contributed by atoms with Crippen LogP contribution >= 0.6 is 15.9 Å². The van der Waals surface area contributed by atoms with Crippen molar-refractivity contribution < 1.29 is 36.6 Å². The van der Waals surface area contributed by atoms with Crippen molar-refractivity contribution >= 4 is 21.8 Å². The zero-order chi connectivity index (χ0) is 20.2. The third-order valence-corrected chi connectivity index (χ3v) is 3.74. The van der Waals surface area contributed by atoms with Crippen molar-refractivity contribution in [3.63, 3.8) is 0 Å². The normalized spacial score (nSPS) is 11.4. The number of rotatable bonds is 6. The molecule has 0 saturated heterocycles. The molecule has 0 bridgehead atoms. The average molecular weight is 455 g/mol. The number of amides is 1. The lowest BCUT2D eigenvalue weighted by molar-refractivity contribution is -0.274. The lowest BCUT2D eigenvalue weighted by atomic mass is 10.1. The van der Waals surface area contributed by atoms with Crippen LogP contribution in [0.4, 0.5) is 22.0 Å². The smallest absolute Gasteiger partial charge is 0.406 e. The molecule has 2 rings (SSSR count). The highest BCUT2D eigenvalue weighted by atomic mass is 79.9. The molecule has 0 atom stereocenters. The molecule has 11 heteroatoms. The second-order valence-corrected chi connectivity index (χ2v) is 6.16. The van der Waals surface area contributed by atoms with E-state index < -0.39 is 48.5 Å². The maximum atomic E-state index is 14.0. The lowest BCUT2D eigenvalue weighted by Crippen LogP contribution is -2.34. The number of aromatic nitrogens is 1. The van der Waals surface area contributed by atoms with E-state index in [9.17, 15) is 26.7 Å². The van der Waals surface area contributed by atoms with Crippen molar-refractivity contribution in [1.82, 2.24) is 9.88 Å². The van der Waals surface area contributed by atoms with Gasteiger partial charge in [-0.1, -0.05) is 0 Å². The van der Waals surface area contributed by atoms with Crippen molar-refractivity contribution in [1.29, 1.82) is 0 Å². The fourth-order valence-corrected chi connectivity index (χ4v) is 2.52. The third-order valence-electron chi connectivity index (χ3n) is 3.31. The van der Waals surface area contributed by atoms with Crippen LogP contribution in [0, 0.1) is 11.8 Å². The summed E-state index contributed by atoms with van der Waals surface area (Å²) >= 11 is 3.04. The highest BCUT2D eigenvalue weighted by Crippen LogP contribution is 2.26. The topological polar surface area (TPSA) is 62.7 Å². The third kappa shape index (κ3) is 5.86. The second kappa shape index (κ2) is 8.61. The lowest BCUT2D eigenvalue weighted by Gasteiger charge is -2.23. The van der Waals surface area contributed by atoms with E-state index in [1.807, 2.05) is 0 Å². The number of carbonyl (C=O) groups is 1. The van der Waals surface area contributed by atoms with E-state index in [-0.39, 0.29) is 12.1 Å². The second-order valence-electron chi connectivity index (χ2n) is 5.24. The number of hydrogen-bond donors (Lipinski definition) is 1. The van der Waals surface area contributed by atoms with Crippen molar-refractivity contribution in [2.75, 3.05) is 13.2 Å². The molecule has 0 unspecified atom stereocenters. The molecule has 1 aromatic heterocycles. The van der Waals surface area contributed by atoms with Crippen molar-refractivity contribution in [2.45, 2.75) is 12.9 Å². The van der Waals surface area contributed by atoms with Gasteiger partial charge in [0.2, 0.25) is 5.95 Å². The Morgan fingerprint density at radius 2 is 1.96 bits per heavy atom.